The zero-order valence-electron chi connectivity index (χ0n) is 15.2. The van der Waals surface area contributed by atoms with Crippen LogP contribution >= 0.6 is 0 Å². The number of aromatic nitrogens is 1. The van der Waals surface area contributed by atoms with Gasteiger partial charge in [0.25, 0.3) is 0 Å². The third-order valence-corrected chi connectivity index (χ3v) is 4.49. The molecule has 6 heteroatoms. The van der Waals surface area contributed by atoms with Crippen molar-refractivity contribution < 1.29 is 9.59 Å². The van der Waals surface area contributed by atoms with Gasteiger partial charge in [0, 0.05) is 11.4 Å². The molecule has 1 atom stereocenters. The van der Waals surface area contributed by atoms with Crippen molar-refractivity contribution in [3.05, 3.63) is 53.7 Å². The molecule has 0 spiro atoms. The Labute approximate surface area is 153 Å². The number of nitrogens with zero attached hydrogens (tertiary/aromatic N) is 2. The summed E-state index contributed by atoms with van der Waals surface area (Å²) in [5, 5.41) is 5.75. The summed E-state index contributed by atoms with van der Waals surface area (Å²) in [5.74, 6) is 0.330. The molecule has 1 aliphatic rings. The maximum absolute atomic E-state index is 12.6. The zero-order chi connectivity index (χ0) is 18.5. The Morgan fingerprint density at radius 2 is 1.88 bits per heavy atom. The second kappa shape index (κ2) is 8.10. The summed E-state index contributed by atoms with van der Waals surface area (Å²) < 4.78 is 0. The fourth-order valence-electron chi connectivity index (χ4n) is 3.16. The number of benzene rings is 1. The average Bonchev–Trinajstić information content (AvgIpc) is 3.05. The molecule has 2 amide bonds. The van der Waals surface area contributed by atoms with E-state index in [-0.39, 0.29) is 24.4 Å². The second-order valence-electron chi connectivity index (χ2n) is 6.70. The van der Waals surface area contributed by atoms with Gasteiger partial charge in [0.1, 0.15) is 5.82 Å². The summed E-state index contributed by atoms with van der Waals surface area (Å²) in [6.07, 6.45) is 1.65. The van der Waals surface area contributed by atoms with Crippen molar-refractivity contribution in [2.75, 3.05) is 23.7 Å². The van der Waals surface area contributed by atoms with Gasteiger partial charge in [-0.05, 0) is 57.5 Å². The summed E-state index contributed by atoms with van der Waals surface area (Å²) in [5.41, 5.74) is 2.76. The standard InChI is InChI=1S/C20H24N4O2/c1-14-8-10-16(11-9-14)22-19(25)13-24-12-4-6-17(24)20(26)23-18-7-3-5-15(2)21-18/h3,5,7-11,17H,4,6,12-13H2,1-2H3,(H,22,25)(H,21,23,26)/t17-/m0/s1. The van der Waals surface area contributed by atoms with E-state index in [2.05, 4.69) is 15.6 Å². The predicted molar refractivity (Wildman–Crippen MR) is 102 cm³/mol. The summed E-state index contributed by atoms with van der Waals surface area (Å²) in [6, 6.07) is 12.9. The van der Waals surface area contributed by atoms with Crippen LogP contribution < -0.4 is 10.6 Å². The van der Waals surface area contributed by atoms with Crippen LogP contribution in [0.3, 0.4) is 0 Å². The SMILES string of the molecule is Cc1ccc(NC(=O)CN2CCC[C@H]2C(=O)Nc2cccc(C)n2)cc1. The highest BCUT2D eigenvalue weighted by Gasteiger charge is 2.32. The minimum Gasteiger partial charge on any atom is -0.325 e. The van der Waals surface area contributed by atoms with Gasteiger partial charge in [-0.3, -0.25) is 14.5 Å². The van der Waals surface area contributed by atoms with Gasteiger partial charge in [0.05, 0.1) is 12.6 Å². The Balaban J connectivity index is 1.57. The molecule has 0 aliphatic carbocycles. The molecule has 1 saturated heterocycles. The van der Waals surface area contributed by atoms with Gasteiger partial charge in [-0.15, -0.1) is 0 Å². The molecule has 6 nitrogen and oxygen atoms in total. The van der Waals surface area contributed by atoms with Crippen LogP contribution in [-0.4, -0.2) is 40.8 Å². The summed E-state index contributed by atoms with van der Waals surface area (Å²) in [7, 11) is 0. The van der Waals surface area contributed by atoms with Gasteiger partial charge in [0.15, 0.2) is 0 Å². The second-order valence-corrected chi connectivity index (χ2v) is 6.70. The minimum atomic E-state index is -0.305. The van der Waals surface area contributed by atoms with Crippen LogP contribution in [0.25, 0.3) is 0 Å². The van der Waals surface area contributed by atoms with E-state index in [4.69, 9.17) is 0 Å². The number of rotatable bonds is 5. The molecule has 26 heavy (non-hydrogen) atoms. The lowest BCUT2D eigenvalue weighted by atomic mass is 10.2. The molecule has 0 radical (unpaired) electrons. The number of pyridine rings is 1. The molecule has 1 aromatic carbocycles. The topological polar surface area (TPSA) is 74.3 Å². The molecule has 0 bridgehead atoms. The summed E-state index contributed by atoms with van der Waals surface area (Å²) in [6.45, 7) is 4.82. The van der Waals surface area contributed by atoms with E-state index in [0.717, 1.165) is 36.3 Å². The van der Waals surface area contributed by atoms with Crippen molar-refractivity contribution in [2.45, 2.75) is 32.7 Å². The molecule has 2 aromatic rings. The summed E-state index contributed by atoms with van der Waals surface area (Å²) in [4.78, 5) is 31.1. The van der Waals surface area contributed by atoms with Crippen molar-refractivity contribution >= 4 is 23.3 Å². The molecule has 0 unspecified atom stereocenters. The van der Waals surface area contributed by atoms with Gasteiger partial charge in [-0.25, -0.2) is 4.98 Å². The van der Waals surface area contributed by atoms with E-state index in [9.17, 15) is 9.59 Å². The molecule has 2 heterocycles. The van der Waals surface area contributed by atoms with E-state index >= 15 is 0 Å². The predicted octanol–water partition coefficient (Wildman–Crippen LogP) is 2.74. The van der Waals surface area contributed by atoms with E-state index in [1.54, 1.807) is 6.07 Å². The molecule has 1 aromatic heterocycles. The molecule has 136 valence electrons. The van der Waals surface area contributed by atoms with Gasteiger partial charge in [0.2, 0.25) is 11.8 Å². The first-order chi connectivity index (χ1) is 12.5. The molecule has 1 fully saturated rings. The van der Waals surface area contributed by atoms with Gasteiger partial charge >= 0.3 is 0 Å². The lowest BCUT2D eigenvalue weighted by Crippen LogP contribution is -2.43. The van der Waals surface area contributed by atoms with Crippen molar-refractivity contribution in [1.82, 2.24) is 9.88 Å². The fraction of sp³-hybridized carbons (Fsp3) is 0.350. The smallest absolute Gasteiger partial charge is 0.242 e. The third kappa shape index (κ3) is 4.67. The first kappa shape index (κ1) is 18.1. The summed E-state index contributed by atoms with van der Waals surface area (Å²) >= 11 is 0. The van der Waals surface area contributed by atoms with E-state index in [1.165, 1.54) is 0 Å². The number of hydrogen-bond acceptors (Lipinski definition) is 4. The number of amides is 2. The molecule has 0 saturated carbocycles. The van der Waals surface area contributed by atoms with Crippen LogP contribution in [-0.2, 0) is 9.59 Å². The zero-order valence-corrected chi connectivity index (χ0v) is 15.2. The lowest BCUT2D eigenvalue weighted by Gasteiger charge is -2.23. The Bertz CT molecular complexity index is 789. The van der Waals surface area contributed by atoms with Gasteiger partial charge in [-0.2, -0.15) is 0 Å². The van der Waals surface area contributed by atoms with Crippen molar-refractivity contribution in [3.63, 3.8) is 0 Å². The molecule has 3 rings (SSSR count). The lowest BCUT2D eigenvalue weighted by molar-refractivity contribution is -0.122. The Kier molecular flexibility index (Phi) is 5.63. The third-order valence-electron chi connectivity index (χ3n) is 4.49. The number of anilines is 2. The van der Waals surface area contributed by atoms with Gasteiger partial charge in [-0.1, -0.05) is 23.8 Å². The fourth-order valence-corrected chi connectivity index (χ4v) is 3.16. The van der Waals surface area contributed by atoms with Crippen LogP contribution in [0.4, 0.5) is 11.5 Å². The molecular weight excluding hydrogens is 328 g/mol. The Morgan fingerprint density at radius 1 is 1.12 bits per heavy atom. The Morgan fingerprint density at radius 3 is 2.62 bits per heavy atom. The van der Waals surface area contributed by atoms with Crippen molar-refractivity contribution in [2.24, 2.45) is 0 Å². The van der Waals surface area contributed by atoms with Crippen LogP contribution in [0.15, 0.2) is 42.5 Å². The first-order valence-corrected chi connectivity index (χ1v) is 8.86. The van der Waals surface area contributed by atoms with Crippen LogP contribution in [0.2, 0.25) is 0 Å². The molecule has 2 N–H and O–H groups in total. The van der Waals surface area contributed by atoms with Crippen molar-refractivity contribution in [3.8, 4) is 0 Å². The monoisotopic (exact) mass is 352 g/mol. The van der Waals surface area contributed by atoms with Crippen LogP contribution in [0, 0.1) is 13.8 Å². The highest BCUT2D eigenvalue weighted by atomic mass is 16.2. The minimum absolute atomic E-state index is 0.108. The van der Waals surface area contributed by atoms with E-state index < -0.39 is 0 Å². The largest absolute Gasteiger partial charge is 0.325 e. The van der Waals surface area contributed by atoms with Crippen LogP contribution in [0.1, 0.15) is 24.1 Å². The number of nitrogens with one attached hydrogen (secondary N) is 2. The Hall–Kier alpha value is -2.73. The highest BCUT2D eigenvalue weighted by Crippen LogP contribution is 2.19. The maximum Gasteiger partial charge on any atom is 0.242 e. The van der Waals surface area contributed by atoms with Gasteiger partial charge < -0.3 is 10.6 Å². The number of carbonyl (C=O) groups is 2. The number of likely N-dealkylation sites (tertiary alicyclic amines) is 1. The number of hydrogen-bond donors (Lipinski definition) is 2. The normalized spacial score (nSPS) is 17.1. The first-order valence-electron chi connectivity index (χ1n) is 8.86. The number of carbonyl (C=O) groups excluding carboxylic acids is 2. The average molecular weight is 352 g/mol. The quantitative estimate of drug-likeness (QED) is 0.868. The van der Waals surface area contributed by atoms with E-state index in [0.29, 0.717) is 5.82 Å². The number of aryl methyl sites for hydroxylation is 2. The molecule has 1 aliphatic heterocycles. The van der Waals surface area contributed by atoms with Crippen molar-refractivity contribution in [1.29, 1.82) is 0 Å². The van der Waals surface area contributed by atoms with E-state index in [1.807, 2.05) is 55.1 Å². The van der Waals surface area contributed by atoms with Crippen LogP contribution in [0.5, 0.6) is 0 Å². The highest BCUT2D eigenvalue weighted by molar-refractivity contribution is 5.96. The maximum atomic E-state index is 12.6. The molecular formula is C20H24N4O2.